The summed E-state index contributed by atoms with van der Waals surface area (Å²) in [5, 5.41) is 17.5. The summed E-state index contributed by atoms with van der Waals surface area (Å²) in [6, 6.07) is 10.1. The molecule has 132 valence electrons. The second kappa shape index (κ2) is 8.64. The van der Waals surface area contributed by atoms with Crippen molar-refractivity contribution < 1.29 is 9.66 Å². The van der Waals surface area contributed by atoms with Gasteiger partial charge < -0.3 is 15.4 Å². The first kappa shape index (κ1) is 19.0. The minimum atomic E-state index is -0.484. The molecule has 0 aromatic heterocycles. The molecule has 0 fully saturated rings. The van der Waals surface area contributed by atoms with Gasteiger partial charge in [0.25, 0.3) is 5.69 Å². The van der Waals surface area contributed by atoms with E-state index in [0.717, 1.165) is 23.3 Å². The van der Waals surface area contributed by atoms with Gasteiger partial charge in [0.05, 0.1) is 22.7 Å². The van der Waals surface area contributed by atoms with E-state index in [1.807, 2.05) is 19.1 Å². The zero-order valence-electron chi connectivity index (χ0n) is 13.8. The first-order valence-corrected chi connectivity index (χ1v) is 8.31. The van der Waals surface area contributed by atoms with Gasteiger partial charge in [-0.1, -0.05) is 29.3 Å². The molecule has 2 aromatic rings. The van der Waals surface area contributed by atoms with Crippen molar-refractivity contribution in [3.05, 3.63) is 62.7 Å². The smallest absolute Gasteiger partial charge is 0.271 e. The molecule has 0 bridgehead atoms. The van der Waals surface area contributed by atoms with Crippen molar-refractivity contribution in [3.8, 4) is 5.75 Å². The molecule has 0 aliphatic carbocycles. The SMILES string of the molecule is COc1ccc(C)cc1CCNC(=S)Nc1cc([N+](=O)[O-])ccc1Cl. The third-order valence-electron chi connectivity index (χ3n) is 3.52. The Morgan fingerprint density at radius 3 is 2.76 bits per heavy atom. The number of halogens is 1. The standard InChI is InChI=1S/C17H18ClN3O3S/c1-11-3-6-16(24-2)12(9-11)7-8-19-17(25)20-15-10-13(21(22)23)4-5-14(15)18/h3-6,9-10H,7-8H2,1-2H3,(H2,19,20,25). The van der Waals surface area contributed by atoms with Crippen LogP contribution in [0, 0.1) is 17.0 Å². The fourth-order valence-electron chi connectivity index (χ4n) is 2.30. The maximum atomic E-state index is 10.8. The van der Waals surface area contributed by atoms with Crippen molar-refractivity contribution in [3.63, 3.8) is 0 Å². The van der Waals surface area contributed by atoms with E-state index in [2.05, 4.69) is 16.7 Å². The van der Waals surface area contributed by atoms with Gasteiger partial charge in [-0.3, -0.25) is 10.1 Å². The molecular formula is C17H18ClN3O3S. The molecule has 2 aromatic carbocycles. The zero-order chi connectivity index (χ0) is 18.4. The number of rotatable bonds is 6. The summed E-state index contributed by atoms with van der Waals surface area (Å²) in [6.45, 7) is 2.60. The second-order valence-electron chi connectivity index (χ2n) is 5.37. The highest BCUT2D eigenvalue weighted by molar-refractivity contribution is 7.80. The Bertz CT molecular complexity index is 799. The summed E-state index contributed by atoms with van der Waals surface area (Å²) in [4.78, 5) is 10.4. The molecule has 0 heterocycles. The minimum absolute atomic E-state index is 0.0563. The number of nitro benzene ring substituents is 1. The minimum Gasteiger partial charge on any atom is -0.496 e. The van der Waals surface area contributed by atoms with Crippen LogP contribution >= 0.6 is 23.8 Å². The zero-order valence-corrected chi connectivity index (χ0v) is 15.4. The van der Waals surface area contributed by atoms with E-state index in [-0.39, 0.29) is 5.69 Å². The Balaban J connectivity index is 1.95. The lowest BCUT2D eigenvalue weighted by atomic mass is 10.1. The average Bonchev–Trinajstić information content (AvgIpc) is 2.57. The van der Waals surface area contributed by atoms with Gasteiger partial charge >= 0.3 is 0 Å². The maximum absolute atomic E-state index is 10.8. The van der Waals surface area contributed by atoms with E-state index in [1.165, 1.54) is 18.2 Å². The normalized spacial score (nSPS) is 10.2. The van der Waals surface area contributed by atoms with Crippen LogP contribution in [0.3, 0.4) is 0 Å². The first-order valence-electron chi connectivity index (χ1n) is 7.53. The molecule has 8 heteroatoms. The number of non-ortho nitro benzene ring substituents is 1. The fourth-order valence-corrected chi connectivity index (χ4v) is 2.68. The van der Waals surface area contributed by atoms with Crippen LogP contribution in [0.5, 0.6) is 5.75 Å². The van der Waals surface area contributed by atoms with Crippen LogP contribution in [0.25, 0.3) is 0 Å². The molecule has 6 nitrogen and oxygen atoms in total. The van der Waals surface area contributed by atoms with E-state index < -0.39 is 4.92 Å². The summed E-state index contributed by atoms with van der Waals surface area (Å²) < 4.78 is 5.35. The highest BCUT2D eigenvalue weighted by atomic mass is 35.5. The molecule has 0 aliphatic heterocycles. The summed E-state index contributed by atoms with van der Waals surface area (Å²) in [5.74, 6) is 0.827. The number of benzene rings is 2. The summed E-state index contributed by atoms with van der Waals surface area (Å²) in [5.41, 5.74) is 2.56. The predicted molar refractivity (Wildman–Crippen MR) is 104 cm³/mol. The van der Waals surface area contributed by atoms with Gasteiger partial charge in [-0.15, -0.1) is 0 Å². The van der Waals surface area contributed by atoms with Crippen LogP contribution in [-0.2, 0) is 6.42 Å². The lowest BCUT2D eigenvalue weighted by Gasteiger charge is -2.13. The van der Waals surface area contributed by atoms with Gasteiger partial charge in [0.15, 0.2) is 5.11 Å². The number of aryl methyl sites for hydroxylation is 1. The largest absolute Gasteiger partial charge is 0.496 e. The van der Waals surface area contributed by atoms with Crippen LogP contribution in [0.4, 0.5) is 11.4 Å². The summed E-state index contributed by atoms with van der Waals surface area (Å²) in [7, 11) is 1.64. The molecule has 0 unspecified atom stereocenters. The van der Waals surface area contributed by atoms with Crippen LogP contribution < -0.4 is 15.4 Å². The molecule has 0 atom stereocenters. The average molecular weight is 380 g/mol. The van der Waals surface area contributed by atoms with Gasteiger partial charge in [0.1, 0.15) is 5.75 Å². The monoisotopic (exact) mass is 379 g/mol. The van der Waals surface area contributed by atoms with Gasteiger partial charge in [-0.05, 0) is 43.3 Å². The summed E-state index contributed by atoms with van der Waals surface area (Å²) >= 11 is 11.3. The van der Waals surface area contributed by atoms with E-state index >= 15 is 0 Å². The van der Waals surface area contributed by atoms with Crippen LogP contribution in [0.1, 0.15) is 11.1 Å². The number of nitrogens with one attached hydrogen (secondary N) is 2. The van der Waals surface area contributed by atoms with Crippen molar-refractivity contribution in [1.29, 1.82) is 0 Å². The Labute approximate surface area is 156 Å². The molecule has 0 saturated carbocycles. The van der Waals surface area contributed by atoms with Gasteiger partial charge in [-0.25, -0.2) is 0 Å². The van der Waals surface area contributed by atoms with E-state index in [9.17, 15) is 10.1 Å². The number of ether oxygens (including phenoxy) is 1. The quantitative estimate of drug-likeness (QED) is 0.447. The lowest BCUT2D eigenvalue weighted by molar-refractivity contribution is -0.384. The van der Waals surface area contributed by atoms with Crippen molar-refractivity contribution >= 4 is 40.3 Å². The highest BCUT2D eigenvalue weighted by Crippen LogP contribution is 2.26. The maximum Gasteiger partial charge on any atom is 0.271 e. The second-order valence-corrected chi connectivity index (χ2v) is 6.18. The third-order valence-corrected chi connectivity index (χ3v) is 4.10. The van der Waals surface area contributed by atoms with Crippen molar-refractivity contribution in [2.24, 2.45) is 0 Å². The highest BCUT2D eigenvalue weighted by Gasteiger charge is 2.11. The fraction of sp³-hybridized carbons (Fsp3) is 0.235. The molecule has 0 radical (unpaired) electrons. The topological polar surface area (TPSA) is 76.4 Å². The predicted octanol–water partition coefficient (Wildman–Crippen LogP) is 4.09. The number of hydrogen-bond donors (Lipinski definition) is 2. The molecule has 0 saturated heterocycles. The Hall–Kier alpha value is -2.38. The molecule has 2 rings (SSSR count). The Morgan fingerprint density at radius 1 is 1.32 bits per heavy atom. The van der Waals surface area contributed by atoms with Crippen molar-refractivity contribution in [2.45, 2.75) is 13.3 Å². The van der Waals surface area contributed by atoms with Gasteiger partial charge in [0, 0.05) is 18.7 Å². The van der Waals surface area contributed by atoms with Crippen LogP contribution in [0.15, 0.2) is 36.4 Å². The molecule has 0 amide bonds. The molecule has 2 N–H and O–H groups in total. The number of hydrogen-bond acceptors (Lipinski definition) is 4. The number of thiocarbonyl (C=S) groups is 1. The van der Waals surface area contributed by atoms with Crippen LogP contribution in [-0.4, -0.2) is 23.7 Å². The third kappa shape index (κ3) is 5.30. The van der Waals surface area contributed by atoms with E-state index in [4.69, 9.17) is 28.6 Å². The lowest BCUT2D eigenvalue weighted by Crippen LogP contribution is -2.30. The van der Waals surface area contributed by atoms with Crippen molar-refractivity contribution in [1.82, 2.24) is 5.32 Å². The molecule has 0 spiro atoms. The van der Waals surface area contributed by atoms with E-state index in [1.54, 1.807) is 7.11 Å². The molecule has 25 heavy (non-hydrogen) atoms. The number of anilines is 1. The summed E-state index contributed by atoms with van der Waals surface area (Å²) in [6.07, 6.45) is 0.718. The Kier molecular flexibility index (Phi) is 6.55. The number of methoxy groups -OCH3 is 1. The van der Waals surface area contributed by atoms with Crippen molar-refractivity contribution in [2.75, 3.05) is 19.0 Å². The van der Waals surface area contributed by atoms with E-state index in [0.29, 0.717) is 22.4 Å². The first-order chi connectivity index (χ1) is 11.9. The van der Waals surface area contributed by atoms with Gasteiger partial charge in [-0.2, -0.15) is 0 Å². The van der Waals surface area contributed by atoms with Crippen LogP contribution in [0.2, 0.25) is 5.02 Å². The number of nitrogens with zero attached hydrogens (tertiary/aromatic N) is 1. The van der Waals surface area contributed by atoms with Gasteiger partial charge in [0.2, 0.25) is 0 Å². The molecular weight excluding hydrogens is 362 g/mol. The Morgan fingerprint density at radius 2 is 2.08 bits per heavy atom. The number of nitro groups is 1. The molecule has 0 aliphatic rings.